The topological polar surface area (TPSA) is 58.4 Å². The Hall–Kier alpha value is -0.680. The van der Waals surface area contributed by atoms with Crippen molar-refractivity contribution < 1.29 is 4.79 Å². The van der Waals surface area contributed by atoms with Gasteiger partial charge in [0.05, 0.1) is 10.4 Å². The van der Waals surface area contributed by atoms with Crippen LogP contribution in [0.5, 0.6) is 0 Å². The summed E-state index contributed by atoms with van der Waals surface area (Å²) in [5.41, 5.74) is 5.31. The fourth-order valence-electron chi connectivity index (χ4n) is 3.46. The number of nitrogens with zero attached hydrogens (tertiary/aromatic N) is 1. The Balaban J connectivity index is 1.90. The van der Waals surface area contributed by atoms with Gasteiger partial charge in [-0.1, -0.05) is 31.5 Å². The van der Waals surface area contributed by atoms with Gasteiger partial charge in [0.1, 0.15) is 0 Å². The maximum Gasteiger partial charge on any atom is 0.233 e. The molecule has 5 heteroatoms. The summed E-state index contributed by atoms with van der Waals surface area (Å²) in [6, 6.07) is 0.397. The molecule has 3 N–H and O–H groups in total. The van der Waals surface area contributed by atoms with Crippen molar-refractivity contribution in [3.05, 3.63) is 0 Å². The van der Waals surface area contributed by atoms with Crippen LogP contribution in [0, 0.1) is 5.41 Å². The summed E-state index contributed by atoms with van der Waals surface area (Å²) in [5.74, 6) is 0.0516. The molecule has 1 saturated heterocycles. The molecule has 114 valence electrons. The summed E-state index contributed by atoms with van der Waals surface area (Å²) < 4.78 is 0. The van der Waals surface area contributed by atoms with E-state index in [0.29, 0.717) is 17.6 Å². The Morgan fingerprint density at radius 2 is 1.85 bits per heavy atom. The van der Waals surface area contributed by atoms with Crippen molar-refractivity contribution in [2.45, 2.75) is 57.9 Å². The molecular weight excluding hydrogens is 270 g/mol. The average molecular weight is 297 g/mol. The van der Waals surface area contributed by atoms with E-state index in [1.807, 2.05) is 0 Å². The maximum absolute atomic E-state index is 12.6. The number of hydrogen-bond acceptors (Lipinski definition) is 3. The lowest BCUT2D eigenvalue weighted by Gasteiger charge is -2.35. The molecule has 1 unspecified atom stereocenters. The molecule has 1 saturated carbocycles. The van der Waals surface area contributed by atoms with E-state index < -0.39 is 5.41 Å². The molecule has 4 nitrogen and oxygen atoms in total. The van der Waals surface area contributed by atoms with Crippen LogP contribution in [0.3, 0.4) is 0 Å². The second-order valence-electron chi connectivity index (χ2n) is 6.31. The van der Waals surface area contributed by atoms with Crippen LogP contribution >= 0.6 is 12.2 Å². The molecule has 0 radical (unpaired) electrons. The van der Waals surface area contributed by atoms with Crippen molar-refractivity contribution in [2.75, 3.05) is 19.6 Å². The van der Waals surface area contributed by atoms with Crippen LogP contribution in [0.25, 0.3) is 0 Å². The normalized spacial score (nSPS) is 24.2. The molecule has 1 atom stereocenters. The van der Waals surface area contributed by atoms with Crippen molar-refractivity contribution in [1.29, 1.82) is 0 Å². The van der Waals surface area contributed by atoms with Crippen molar-refractivity contribution in [3.8, 4) is 0 Å². The number of carbonyl (C=O) groups is 1. The van der Waals surface area contributed by atoms with Gasteiger partial charge in [0.25, 0.3) is 0 Å². The van der Waals surface area contributed by atoms with Crippen LogP contribution in [0.2, 0.25) is 0 Å². The summed E-state index contributed by atoms with van der Waals surface area (Å²) in [6.07, 6.45) is 7.45. The molecule has 1 aliphatic heterocycles. The van der Waals surface area contributed by atoms with Crippen LogP contribution in [0.1, 0.15) is 51.9 Å². The molecule has 1 heterocycles. The lowest BCUT2D eigenvalue weighted by Crippen LogP contribution is -2.52. The highest BCUT2D eigenvalue weighted by molar-refractivity contribution is 7.80. The molecule has 1 amide bonds. The molecule has 0 aromatic carbocycles. The van der Waals surface area contributed by atoms with Gasteiger partial charge in [0.15, 0.2) is 0 Å². The molecule has 2 aliphatic rings. The monoisotopic (exact) mass is 297 g/mol. The highest BCUT2D eigenvalue weighted by Gasteiger charge is 2.42. The van der Waals surface area contributed by atoms with Crippen LogP contribution in [-0.2, 0) is 4.79 Å². The van der Waals surface area contributed by atoms with Gasteiger partial charge in [-0.2, -0.15) is 0 Å². The van der Waals surface area contributed by atoms with Gasteiger partial charge in [0.2, 0.25) is 5.91 Å². The molecule has 0 aromatic rings. The summed E-state index contributed by atoms with van der Waals surface area (Å²) in [4.78, 5) is 15.4. The predicted molar refractivity (Wildman–Crippen MR) is 85.6 cm³/mol. The van der Waals surface area contributed by atoms with Gasteiger partial charge < -0.3 is 11.1 Å². The third kappa shape index (κ3) is 3.31. The third-order valence-electron chi connectivity index (χ3n) is 4.94. The first-order valence-electron chi connectivity index (χ1n) is 7.88. The minimum Gasteiger partial charge on any atom is -0.392 e. The number of thiocarbonyl (C=S) groups is 1. The highest BCUT2D eigenvalue weighted by atomic mass is 32.1. The van der Waals surface area contributed by atoms with E-state index in [1.165, 1.54) is 19.3 Å². The minimum absolute atomic E-state index is 0.0516. The van der Waals surface area contributed by atoms with Gasteiger partial charge in [-0.05, 0) is 45.7 Å². The van der Waals surface area contributed by atoms with Crippen molar-refractivity contribution in [3.63, 3.8) is 0 Å². The molecule has 0 bridgehead atoms. The summed E-state index contributed by atoms with van der Waals surface area (Å²) in [5, 5.41) is 3.10. The summed E-state index contributed by atoms with van der Waals surface area (Å²) in [6.45, 7) is 5.18. The van der Waals surface area contributed by atoms with Crippen LogP contribution in [-0.4, -0.2) is 41.5 Å². The Morgan fingerprint density at radius 3 is 2.40 bits per heavy atom. The molecule has 2 fully saturated rings. The number of nitrogens with one attached hydrogen (secondary N) is 1. The second kappa shape index (κ2) is 6.85. The molecular formula is C15H27N3OS. The van der Waals surface area contributed by atoms with Gasteiger partial charge in [-0.3, -0.25) is 9.69 Å². The fraction of sp³-hybridized carbons (Fsp3) is 0.867. The van der Waals surface area contributed by atoms with Gasteiger partial charge in [-0.25, -0.2) is 0 Å². The zero-order chi connectivity index (χ0) is 14.6. The molecule has 2 rings (SSSR count). The number of rotatable bonds is 5. The molecule has 20 heavy (non-hydrogen) atoms. The Bertz CT molecular complexity index is 360. The zero-order valence-corrected chi connectivity index (χ0v) is 13.3. The van der Waals surface area contributed by atoms with Crippen LogP contribution < -0.4 is 11.1 Å². The van der Waals surface area contributed by atoms with Crippen molar-refractivity contribution >= 4 is 23.1 Å². The van der Waals surface area contributed by atoms with Gasteiger partial charge in [-0.15, -0.1) is 0 Å². The van der Waals surface area contributed by atoms with Crippen molar-refractivity contribution in [1.82, 2.24) is 10.2 Å². The summed E-state index contributed by atoms with van der Waals surface area (Å²) in [7, 11) is 0. The van der Waals surface area contributed by atoms with Gasteiger partial charge >= 0.3 is 0 Å². The Morgan fingerprint density at radius 1 is 1.25 bits per heavy atom. The molecule has 0 aromatic heterocycles. The zero-order valence-electron chi connectivity index (χ0n) is 12.5. The largest absolute Gasteiger partial charge is 0.392 e. The average Bonchev–Trinajstić information content (AvgIpc) is 2.99. The fourth-order valence-corrected chi connectivity index (χ4v) is 3.76. The quantitative estimate of drug-likeness (QED) is 0.760. The summed E-state index contributed by atoms with van der Waals surface area (Å²) >= 11 is 5.20. The van der Waals surface area contributed by atoms with Crippen molar-refractivity contribution in [2.24, 2.45) is 11.1 Å². The first-order chi connectivity index (χ1) is 9.56. The SMILES string of the molecule is CC(CNC(=O)C1(C(N)=S)CCCCC1)N1CCCC1. The van der Waals surface area contributed by atoms with Crippen LogP contribution in [0.15, 0.2) is 0 Å². The second-order valence-corrected chi connectivity index (χ2v) is 6.75. The highest BCUT2D eigenvalue weighted by Crippen LogP contribution is 2.36. The van der Waals surface area contributed by atoms with E-state index in [1.54, 1.807) is 0 Å². The van der Waals surface area contributed by atoms with E-state index in [2.05, 4.69) is 17.1 Å². The van der Waals surface area contributed by atoms with E-state index in [4.69, 9.17) is 18.0 Å². The van der Waals surface area contributed by atoms with Crippen LogP contribution in [0.4, 0.5) is 0 Å². The maximum atomic E-state index is 12.6. The first kappa shape index (κ1) is 15.7. The van der Waals surface area contributed by atoms with E-state index >= 15 is 0 Å². The smallest absolute Gasteiger partial charge is 0.233 e. The number of likely N-dealkylation sites (tertiary alicyclic amines) is 1. The molecule has 0 spiro atoms. The van der Waals surface area contributed by atoms with E-state index in [0.717, 1.165) is 38.8 Å². The standard InChI is InChI=1S/C15H27N3OS/c1-12(18-9-5-6-10-18)11-17-14(19)15(13(16)20)7-3-2-4-8-15/h12H,2-11H2,1H3,(H2,16,20)(H,17,19). The number of carbonyl (C=O) groups excluding carboxylic acids is 1. The predicted octanol–water partition coefficient (Wildman–Crippen LogP) is 1.82. The number of amides is 1. The Kier molecular flexibility index (Phi) is 5.38. The minimum atomic E-state index is -0.585. The third-order valence-corrected chi connectivity index (χ3v) is 5.33. The Labute approximate surface area is 127 Å². The number of hydrogen-bond donors (Lipinski definition) is 2. The lowest BCUT2D eigenvalue weighted by molar-refractivity contribution is -0.129. The first-order valence-corrected chi connectivity index (χ1v) is 8.29. The van der Waals surface area contributed by atoms with E-state index in [-0.39, 0.29) is 5.91 Å². The van der Waals surface area contributed by atoms with Gasteiger partial charge in [0, 0.05) is 12.6 Å². The number of nitrogens with two attached hydrogens (primary N) is 1. The van der Waals surface area contributed by atoms with E-state index in [9.17, 15) is 4.79 Å². The molecule has 1 aliphatic carbocycles. The lowest BCUT2D eigenvalue weighted by atomic mass is 9.73.